The van der Waals surface area contributed by atoms with Crippen LogP contribution >= 0.6 is 0 Å². The van der Waals surface area contributed by atoms with Gasteiger partial charge in [0.25, 0.3) is 0 Å². The molecule has 1 aliphatic heterocycles. The first-order chi connectivity index (χ1) is 5.90. The highest BCUT2D eigenvalue weighted by Gasteiger charge is 2.18. The van der Waals surface area contributed by atoms with Gasteiger partial charge in [0.1, 0.15) is 6.23 Å². The van der Waals surface area contributed by atoms with Gasteiger partial charge in [-0.15, -0.1) is 0 Å². The number of ether oxygens (including phenoxy) is 1. The number of nitrogens with one attached hydrogen (secondary N) is 1. The lowest BCUT2D eigenvalue weighted by Crippen LogP contribution is -2.19. The van der Waals surface area contributed by atoms with Gasteiger partial charge in [0, 0.05) is 18.7 Å². The van der Waals surface area contributed by atoms with Crippen molar-refractivity contribution >= 4 is 5.69 Å². The number of anilines is 1. The molecule has 0 saturated carbocycles. The third-order valence-corrected chi connectivity index (χ3v) is 2.11. The van der Waals surface area contributed by atoms with E-state index in [2.05, 4.69) is 23.5 Å². The van der Waals surface area contributed by atoms with Crippen molar-refractivity contribution in [2.24, 2.45) is 0 Å². The van der Waals surface area contributed by atoms with E-state index in [1.54, 1.807) is 0 Å². The Hall–Kier alpha value is -1.02. The third kappa shape index (κ3) is 1.30. The van der Waals surface area contributed by atoms with Gasteiger partial charge in [-0.3, -0.25) is 0 Å². The number of para-hydroxylation sites is 1. The molecule has 0 spiro atoms. The molecule has 1 heterocycles. The molecule has 0 bridgehead atoms. The highest BCUT2D eigenvalue weighted by atomic mass is 16.5. The minimum absolute atomic E-state index is 0.187. The van der Waals surface area contributed by atoms with E-state index in [1.165, 1.54) is 11.3 Å². The zero-order valence-corrected chi connectivity index (χ0v) is 7.21. The van der Waals surface area contributed by atoms with E-state index < -0.39 is 0 Å². The summed E-state index contributed by atoms with van der Waals surface area (Å²) in [6, 6.07) is 8.34. The summed E-state index contributed by atoms with van der Waals surface area (Å²) in [5, 5.41) is 3.31. The standard InChI is InChI=1S/C10H13NO/c1-2-12-10-7-8-5-3-4-6-9(8)11-10/h3-6,10-11H,2,7H2,1H3. The Morgan fingerprint density at radius 2 is 2.33 bits per heavy atom. The molecule has 0 radical (unpaired) electrons. The van der Waals surface area contributed by atoms with Crippen molar-refractivity contribution < 1.29 is 4.74 Å². The Morgan fingerprint density at radius 3 is 3.08 bits per heavy atom. The smallest absolute Gasteiger partial charge is 0.131 e. The summed E-state index contributed by atoms with van der Waals surface area (Å²) in [5.41, 5.74) is 2.58. The summed E-state index contributed by atoms with van der Waals surface area (Å²) in [6.07, 6.45) is 1.18. The van der Waals surface area contributed by atoms with Gasteiger partial charge in [-0.2, -0.15) is 0 Å². The lowest BCUT2D eigenvalue weighted by atomic mass is 10.2. The molecular weight excluding hydrogens is 150 g/mol. The Balaban J connectivity index is 2.11. The van der Waals surface area contributed by atoms with Gasteiger partial charge in [-0.25, -0.2) is 0 Å². The quantitative estimate of drug-likeness (QED) is 0.720. The molecule has 12 heavy (non-hydrogen) atoms. The maximum atomic E-state index is 5.47. The lowest BCUT2D eigenvalue weighted by molar-refractivity contribution is 0.0881. The second-order valence-corrected chi connectivity index (χ2v) is 2.95. The second kappa shape index (κ2) is 3.15. The summed E-state index contributed by atoms with van der Waals surface area (Å²) >= 11 is 0. The highest BCUT2D eigenvalue weighted by Crippen LogP contribution is 2.25. The van der Waals surface area contributed by atoms with E-state index in [-0.39, 0.29) is 6.23 Å². The van der Waals surface area contributed by atoms with Gasteiger partial charge < -0.3 is 10.1 Å². The second-order valence-electron chi connectivity index (χ2n) is 2.95. The van der Waals surface area contributed by atoms with E-state index in [0.29, 0.717) is 0 Å². The van der Waals surface area contributed by atoms with Crippen LogP contribution in [0.2, 0.25) is 0 Å². The summed E-state index contributed by atoms with van der Waals surface area (Å²) < 4.78 is 5.47. The van der Waals surface area contributed by atoms with Gasteiger partial charge in [0.2, 0.25) is 0 Å². The van der Waals surface area contributed by atoms with Crippen molar-refractivity contribution in [2.45, 2.75) is 19.6 Å². The molecule has 0 saturated heterocycles. The molecule has 1 aromatic carbocycles. The molecule has 2 rings (SSSR count). The predicted molar refractivity (Wildman–Crippen MR) is 49.2 cm³/mol. The number of rotatable bonds is 2. The third-order valence-electron chi connectivity index (χ3n) is 2.11. The van der Waals surface area contributed by atoms with E-state index in [1.807, 2.05) is 13.0 Å². The molecule has 1 N–H and O–H groups in total. The Morgan fingerprint density at radius 1 is 1.50 bits per heavy atom. The summed E-state index contributed by atoms with van der Waals surface area (Å²) in [5.74, 6) is 0. The van der Waals surface area contributed by atoms with Crippen molar-refractivity contribution in [1.82, 2.24) is 0 Å². The fraction of sp³-hybridized carbons (Fsp3) is 0.400. The topological polar surface area (TPSA) is 21.3 Å². The number of benzene rings is 1. The highest BCUT2D eigenvalue weighted by molar-refractivity contribution is 5.55. The van der Waals surface area contributed by atoms with Crippen molar-refractivity contribution in [1.29, 1.82) is 0 Å². The van der Waals surface area contributed by atoms with E-state index in [4.69, 9.17) is 4.74 Å². The largest absolute Gasteiger partial charge is 0.360 e. The van der Waals surface area contributed by atoms with Gasteiger partial charge in [0.05, 0.1) is 0 Å². The number of fused-ring (bicyclic) bond motifs is 1. The summed E-state index contributed by atoms with van der Waals surface area (Å²) in [6.45, 7) is 2.79. The number of hydrogen-bond donors (Lipinski definition) is 1. The molecule has 2 nitrogen and oxygen atoms in total. The van der Waals surface area contributed by atoms with Crippen molar-refractivity contribution in [3.63, 3.8) is 0 Å². The van der Waals surface area contributed by atoms with Crippen molar-refractivity contribution in [3.8, 4) is 0 Å². The summed E-state index contributed by atoms with van der Waals surface area (Å²) in [4.78, 5) is 0. The monoisotopic (exact) mass is 163 g/mol. The average Bonchev–Trinajstić information content (AvgIpc) is 2.47. The van der Waals surface area contributed by atoms with Gasteiger partial charge in [0.15, 0.2) is 0 Å². The molecular formula is C10H13NO. The summed E-state index contributed by atoms with van der Waals surface area (Å²) in [7, 11) is 0. The number of hydrogen-bond acceptors (Lipinski definition) is 2. The zero-order chi connectivity index (χ0) is 8.39. The fourth-order valence-corrected chi connectivity index (χ4v) is 1.57. The normalized spacial score (nSPS) is 20.2. The molecule has 1 aliphatic rings. The molecule has 1 aromatic rings. The van der Waals surface area contributed by atoms with Gasteiger partial charge in [-0.05, 0) is 18.6 Å². The van der Waals surface area contributed by atoms with Crippen LogP contribution in [0.1, 0.15) is 12.5 Å². The van der Waals surface area contributed by atoms with Gasteiger partial charge >= 0.3 is 0 Å². The average molecular weight is 163 g/mol. The molecule has 1 unspecified atom stereocenters. The van der Waals surface area contributed by atoms with Crippen LogP contribution in [0.3, 0.4) is 0 Å². The first-order valence-corrected chi connectivity index (χ1v) is 4.36. The van der Waals surface area contributed by atoms with Gasteiger partial charge in [-0.1, -0.05) is 18.2 Å². The van der Waals surface area contributed by atoms with Crippen LogP contribution in [0.4, 0.5) is 5.69 Å². The van der Waals surface area contributed by atoms with Crippen LogP contribution in [0.25, 0.3) is 0 Å². The Kier molecular flexibility index (Phi) is 2.00. The van der Waals surface area contributed by atoms with E-state index in [9.17, 15) is 0 Å². The predicted octanol–water partition coefficient (Wildman–Crippen LogP) is 2.02. The maximum Gasteiger partial charge on any atom is 0.131 e. The Labute approximate surface area is 72.5 Å². The fourth-order valence-electron chi connectivity index (χ4n) is 1.57. The van der Waals surface area contributed by atoms with Crippen LogP contribution in [0, 0.1) is 0 Å². The SMILES string of the molecule is CCOC1Cc2ccccc2N1. The molecule has 2 heteroatoms. The molecule has 1 atom stereocenters. The van der Waals surface area contributed by atoms with Crippen LogP contribution in [0.5, 0.6) is 0 Å². The van der Waals surface area contributed by atoms with Crippen LogP contribution in [-0.2, 0) is 11.2 Å². The van der Waals surface area contributed by atoms with E-state index >= 15 is 0 Å². The van der Waals surface area contributed by atoms with Crippen LogP contribution in [0.15, 0.2) is 24.3 Å². The van der Waals surface area contributed by atoms with E-state index in [0.717, 1.165) is 13.0 Å². The molecule has 0 amide bonds. The maximum absolute atomic E-state index is 5.47. The minimum Gasteiger partial charge on any atom is -0.360 e. The van der Waals surface area contributed by atoms with Crippen molar-refractivity contribution in [3.05, 3.63) is 29.8 Å². The molecule has 0 aliphatic carbocycles. The van der Waals surface area contributed by atoms with Crippen LogP contribution in [-0.4, -0.2) is 12.8 Å². The molecule has 0 fully saturated rings. The molecule has 0 aromatic heterocycles. The van der Waals surface area contributed by atoms with Crippen molar-refractivity contribution in [2.75, 3.05) is 11.9 Å². The first-order valence-electron chi connectivity index (χ1n) is 4.36. The molecule has 64 valence electrons. The minimum atomic E-state index is 0.187. The lowest BCUT2D eigenvalue weighted by Gasteiger charge is -2.09. The van der Waals surface area contributed by atoms with Crippen LogP contribution < -0.4 is 5.32 Å². The zero-order valence-electron chi connectivity index (χ0n) is 7.21. The first kappa shape index (κ1) is 7.62. The Bertz CT molecular complexity index is 247.